The van der Waals surface area contributed by atoms with Crippen LogP contribution in [0.15, 0.2) is 65.9 Å². The molecule has 170 valence electrons. The summed E-state index contributed by atoms with van der Waals surface area (Å²) in [7, 11) is 0. The molecule has 2 aliphatic heterocycles. The summed E-state index contributed by atoms with van der Waals surface area (Å²) in [4.78, 5) is 14.9. The number of aromatic amines is 1. The molecule has 2 aliphatic rings. The second-order valence-electron chi connectivity index (χ2n) is 8.48. The van der Waals surface area contributed by atoms with Gasteiger partial charge in [-0.05, 0) is 48.9 Å². The van der Waals surface area contributed by atoms with Crippen molar-refractivity contribution in [2.45, 2.75) is 13.5 Å². The third-order valence-corrected chi connectivity index (χ3v) is 6.59. The minimum absolute atomic E-state index is 0.195. The lowest BCUT2D eigenvalue weighted by Gasteiger charge is -2.36. The van der Waals surface area contributed by atoms with Gasteiger partial charge in [0.05, 0.1) is 17.9 Å². The SMILES string of the molecule is Cc1[nH]c(-c2ccc(Cl)cc2)c(CN2CCN(c3ccc(F)cc3)CC2)c1N1C=CN=CC1. The smallest absolute Gasteiger partial charge is 0.123 e. The van der Waals surface area contributed by atoms with E-state index in [1.807, 2.05) is 42.9 Å². The molecule has 0 atom stereocenters. The molecule has 33 heavy (non-hydrogen) atoms. The van der Waals surface area contributed by atoms with Gasteiger partial charge in [-0.25, -0.2) is 4.39 Å². The van der Waals surface area contributed by atoms with Crippen molar-refractivity contribution < 1.29 is 4.39 Å². The van der Waals surface area contributed by atoms with Gasteiger partial charge in [-0.15, -0.1) is 0 Å². The molecule has 0 saturated carbocycles. The number of rotatable bonds is 5. The Bertz CT molecular complexity index is 1160. The van der Waals surface area contributed by atoms with Gasteiger partial charge < -0.3 is 14.8 Å². The molecule has 3 aromatic rings. The van der Waals surface area contributed by atoms with Crippen molar-refractivity contribution in [3.05, 3.63) is 83.0 Å². The number of nitrogens with zero attached hydrogens (tertiary/aromatic N) is 4. The second-order valence-corrected chi connectivity index (χ2v) is 8.92. The first kappa shape index (κ1) is 21.7. The Kier molecular flexibility index (Phi) is 6.20. The number of nitrogens with one attached hydrogen (secondary N) is 1. The van der Waals surface area contributed by atoms with Gasteiger partial charge in [0, 0.05) is 73.3 Å². The maximum Gasteiger partial charge on any atom is 0.123 e. The fourth-order valence-electron chi connectivity index (χ4n) is 4.65. The van der Waals surface area contributed by atoms with Gasteiger partial charge in [-0.1, -0.05) is 23.7 Å². The minimum atomic E-state index is -0.195. The standard InChI is InChI=1S/C26H27ClFN5/c1-19-26(33-12-10-29-11-13-33)24(25(30-19)20-2-4-21(27)5-3-20)18-31-14-16-32(17-15-31)23-8-6-22(28)7-9-23/h2-12,30H,13-18H2,1H3. The fourth-order valence-corrected chi connectivity index (χ4v) is 4.78. The molecule has 1 fully saturated rings. The Labute approximate surface area is 198 Å². The van der Waals surface area contributed by atoms with Crippen LogP contribution in [0.5, 0.6) is 0 Å². The van der Waals surface area contributed by atoms with Crippen molar-refractivity contribution in [1.82, 2.24) is 9.88 Å². The second kappa shape index (κ2) is 9.41. The predicted octanol–water partition coefficient (Wildman–Crippen LogP) is 5.47. The molecule has 0 unspecified atom stereocenters. The number of aromatic nitrogens is 1. The van der Waals surface area contributed by atoms with Crippen molar-refractivity contribution in [2.24, 2.45) is 4.99 Å². The van der Waals surface area contributed by atoms with Crippen LogP contribution < -0.4 is 9.80 Å². The van der Waals surface area contributed by atoms with E-state index in [1.165, 1.54) is 23.4 Å². The van der Waals surface area contributed by atoms with Crippen LogP contribution in [0.25, 0.3) is 11.3 Å². The lowest BCUT2D eigenvalue weighted by Crippen LogP contribution is -2.46. The predicted molar refractivity (Wildman–Crippen MR) is 135 cm³/mol. The van der Waals surface area contributed by atoms with E-state index in [-0.39, 0.29) is 5.82 Å². The maximum absolute atomic E-state index is 13.3. The topological polar surface area (TPSA) is 37.9 Å². The van der Waals surface area contributed by atoms with Crippen LogP contribution in [0.4, 0.5) is 15.8 Å². The van der Waals surface area contributed by atoms with Crippen LogP contribution in [-0.4, -0.2) is 48.8 Å². The first-order valence-corrected chi connectivity index (χ1v) is 11.6. The van der Waals surface area contributed by atoms with E-state index in [1.54, 1.807) is 0 Å². The summed E-state index contributed by atoms with van der Waals surface area (Å²) in [5.74, 6) is -0.195. The van der Waals surface area contributed by atoms with Gasteiger partial charge in [0.1, 0.15) is 5.82 Å². The van der Waals surface area contributed by atoms with Gasteiger partial charge in [0.15, 0.2) is 0 Å². The Morgan fingerprint density at radius 2 is 1.73 bits per heavy atom. The van der Waals surface area contributed by atoms with Crippen LogP contribution in [0.3, 0.4) is 0 Å². The summed E-state index contributed by atoms with van der Waals surface area (Å²) < 4.78 is 13.3. The Hall–Kier alpha value is -3.09. The molecule has 1 N–H and O–H groups in total. The van der Waals surface area contributed by atoms with Crippen LogP contribution >= 0.6 is 11.6 Å². The van der Waals surface area contributed by atoms with E-state index in [0.717, 1.165) is 66.9 Å². The first-order valence-electron chi connectivity index (χ1n) is 11.2. The number of halogens is 2. The largest absolute Gasteiger partial charge is 0.369 e. The Morgan fingerprint density at radius 3 is 2.39 bits per heavy atom. The number of aliphatic imine (C=N–C) groups is 1. The van der Waals surface area contributed by atoms with Gasteiger partial charge in [0.2, 0.25) is 0 Å². The van der Waals surface area contributed by atoms with E-state index in [9.17, 15) is 4.39 Å². The highest BCUT2D eigenvalue weighted by atomic mass is 35.5. The normalized spacial score (nSPS) is 16.6. The quantitative estimate of drug-likeness (QED) is 0.545. The highest BCUT2D eigenvalue weighted by molar-refractivity contribution is 6.30. The number of hydrogen-bond acceptors (Lipinski definition) is 4. The summed E-state index contributed by atoms with van der Waals surface area (Å²) in [5, 5.41) is 0.732. The zero-order chi connectivity index (χ0) is 22.8. The molecule has 0 bridgehead atoms. The highest BCUT2D eigenvalue weighted by Gasteiger charge is 2.25. The number of piperazine rings is 1. The molecule has 0 amide bonds. The molecule has 0 radical (unpaired) electrons. The van der Waals surface area contributed by atoms with Crippen molar-refractivity contribution in [3.8, 4) is 11.3 Å². The minimum Gasteiger partial charge on any atom is -0.369 e. The third-order valence-electron chi connectivity index (χ3n) is 6.34. The maximum atomic E-state index is 13.3. The Morgan fingerprint density at radius 1 is 1.00 bits per heavy atom. The molecule has 1 aromatic heterocycles. The number of aryl methyl sites for hydroxylation is 1. The van der Waals surface area contributed by atoms with Crippen molar-refractivity contribution >= 4 is 29.2 Å². The number of H-pyrrole nitrogens is 1. The molecular weight excluding hydrogens is 437 g/mol. The molecule has 5 rings (SSSR count). The average Bonchev–Trinajstić information content (AvgIpc) is 3.16. The van der Waals surface area contributed by atoms with E-state index in [2.05, 4.69) is 43.7 Å². The van der Waals surface area contributed by atoms with Crippen LogP contribution in [0.1, 0.15) is 11.3 Å². The summed E-state index contributed by atoms with van der Waals surface area (Å²) in [6, 6.07) is 14.8. The van der Waals surface area contributed by atoms with Crippen LogP contribution in [0.2, 0.25) is 5.02 Å². The monoisotopic (exact) mass is 463 g/mol. The number of hydrogen-bond donors (Lipinski definition) is 1. The van der Waals surface area contributed by atoms with E-state index in [0.29, 0.717) is 0 Å². The fraction of sp³-hybridized carbons (Fsp3) is 0.269. The zero-order valence-electron chi connectivity index (χ0n) is 18.6. The highest BCUT2D eigenvalue weighted by Crippen LogP contribution is 2.36. The van der Waals surface area contributed by atoms with Crippen LogP contribution in [-0.2, 0) is 6.54 Å². The molecule has 0 aliphatic carbocycles. The number of benzene rings is 2. The molecule has 0 spiro atoms. The molecule has 5 nitrogen and oxygen atoms in total. The van der Waals surface area contributed by atoms with Crippen LogP contribution in [0, 0.1) is 12.7 Å². The zero-order valence-corrected chi connectivity index (χ0v) is 19.4. The van der Waals surface area contributed by atoms with E-state index < -0.39 is 0 Å². The summed E-state index contributed by atoms with van der Waals surface area (Å²) in [6.07, 6.45) is 5.81. The summed E-state index contributed by atoms with van der Waals surface area (Å²) in [5.41, 5.74) is 6.97. The molecule has 2 aromatic carbocycles. The van der Waals surface area contributed by atoms with Crippen molar-refractivity contribution in [2.75, 3.05) is 42.5 Å². The van der Waals surface area contributed by atoms with Gasteiger partial charge in [0.25, 0.3) is 0 Å². The summed E-state index contributed by atoms with van der Waals surface area (Å²) >= 11 is 6.15. The lowest BCUT2D eigenvalue weighted by molar-refractivity contribution is 0.250. The molecule has 1 saturated heterocycles. The van der Waals surface area contributed by atoms with Gasteiger partial charge >= 0.3 is 0 Å². The molecule has 3 heterocycles. The summed E-state index contributed by atoms with van der Waals surface area (Å²) in [6.45, 7) is 7.44. The van der Waals surface area contributed by atoms with E-state index in [4.69, 9.17) is 11.6 Å². The molecule has 7 heteroatoms. The average molecular weight is 464 g/mol. The lowest BCUT2D eigenvalue weighted by atomic mass is 10.0. The number of anilines is 2. The molecular formula is C26H27ClFN5. The van der Waals surface area contributed by atoms with Crippen molar-refractivity contribution in [3.63, 3.8) is 0 Å². The van der Waals surface area contributed by atoms with Gasteiger partial charge in [-0.2, -0.15) is 0 Å². The van der Waals surface area contributed by atoms with E-state index >= 15 is 0 Å². The Balaban J connectivity index is 1.40. The third kappa shape index (κ3) is 4.68. The van der Waals surface area contributed by atoms with Gasteiger partial charge in [-0.3, -0.25) is 9.89 Å². The van der Waals surface area contributed by atoms with Crippen molar-refractivity contribution in [1.29, 1.82) is 0 Å². The first-order chi connectivity index (χ1) is 16.1.